The summed E-state index contributed by atoms with van der Waals surface area (Å²) < 4.78 is 2.37. The lowest BCUT2D eigenvalue weighted by molar-refractivity contribution is -0.132. The number of hydrogen-bond acceptors (Lipinski definition) is 8. The van der Waals surface area contributed by atoms with E-state index >= 15 is 0 Å². The van der Waals surface area contributed by atoms with Gasteiger partial charge in [-0.05, 0) is 42.5 Å². The first-order valence-electron chi connectivity index (χ1n) is 11.3. The first-order chi connectivity index (χ1) is 17.4. The molecule has 1 amide bonds. The van der Waals surface area contributed by atoms with Crippen LogP contribution in [0.1, 0.15) is 23.2 Å². The number of thiophene rings is 1. The lowest BCUT2D eigenvalue weighted by Gasteiger charge is -2.23. The molecule has 11 heteroatoms. The molecule has 9 nitrogen and oxygen atoms in total. The monoisotopic (exact) mass is 520 g/mol. The maximum absolute atomic E-state index is 12.6. The van der Waals surface area contributed by atoms with Gasteiger partial charge < -0.3 is 25.4 Å². The third-order valence-corrected chi connectivity index (χ3v) is 8.12. The van der Waals surface area contributed by atoms with Crippen LogP contribution < -0.4 is 10.6 Å². The topological polar surface area (TPSA) is 125 Å². The number of anilines is 2. The van der Waals surface area contributed by atoms with Crippen LogP contribution in [0.5, 0.6) is 0 Å². The van der Waals surface area contributed by atoms with Crippen LogP contribution in [0.3, 0.4) is 0 Å². The van der Waals surface area contributed by atoms with Gasteiger partial charge in [-0.15, -0.1) is 11.3 Å². The van der Waals surface area contributed by atoms with Crippen molar-refractivity contribution >= 4 is 51.5 Å². The number of rotatable bonds is 4. The molecule has 182 valence electrons. The van der Waals surface area contributed by atoms with E-state index in [0.29, 0.717) is 27.7 Å². The number of hydrogen-bond donors (Lipinski definition) is 4. The van der Waals surface area contributed by atoms with Crippen molar-refractivity contribution in [3.8, 4) is 11.8 Å². The van der Waals surface area contributed by atoms with Crippen LogP contribution in [0.15, 0.2) is 48.8 Å². The highest BCUT2D eigenvalue weighted by atomic mass is 35.5. The first kappa shape index (κ1) is 22.9. The number of imidazole rings is 1. The Labute approximate surface area is 215 Å². The Hall–Kier alpha value is -3.49. The summed E-state index contributed by atoms with van der Waals surface area (Å²) in [5, 5.41) is 27.7. The van der Waals surface area contributed by atoms with Crippen molar-refractivity contribution in [3.05, 3.63) is 63.8 Å². The van der Waals surface area contributed by atoms with E-state index in [-0.39, 0.29) is 17.6 Å². The Bertz CT molecular complexity index is 1540. The Morgan fingerprint density at radius 1 is 1.19 bits per heavy atom. The van der Waals surface area contributed by atoms with Crippen molar-refractivity contribution in [1.82, 2.24) is 24.8 Å². The predicted octanol–water partition coefficient (Wildman–Crippen LogP) is 2.71. The molecule has 0 aliphatic heterocycles. The van der Waals surface area contributed by atoms with Gasteiger partial charge in [0.2, 0.25) is 11.7 Å². The van der Waals surface area contributed by atoms with Crippen molar-refractivity contribution in [1.29, 1.82) is 0 Å². The second kappa shape index (κ2) is 8.57. The van der Waals surface area contributed by atoms with Crippen molar-refractivity contribution < 1.29 is 15.0 Å². The molecule has 36 heavy (non-hydrogen) atoms. The summed E-state index contributed by atoms with van der Waals surface area (Å²) in [4.78, 5) is 27.2. The summed E-state index contributed by atoms with van der Waals surface area (Å²) in [6.07, 6.45) is -0.287. The maximum atomic E-state index is 12.6. The largest absolute Gasteiger partial charge is 0.389 e. The maximum Gasteiger partial charge on any atom is 0.229 e. The van der Waals surface area contributed by atoms with Gasteiger partial charge in [0, 0.05) is 18.7 Å². The molecule has 3 aromatic heterocycles. The van der Waals surface area contributed by atoms with Crippen LogP contribution in [-0.2, 0) is 4.79 Å². The van der Waals surface area contributed by atoms with Crippen LogP contribution in [0.4, 0.5) is 11.5 Å². The summed E-state index contributed by atoms with van der Waals surface area (Å²) in [6.45, 7) is 0. The summed E-state index contributed by atoms with van der Waals surface area (Å²) in [5.41, 5.74) is 0.749. The van der Waals surface area contributed by atoms with Gasteiger partial charge in [0.05, 0.1) is 33.1 Å². The van der Waals surface area contributed by atoms with E-state index < -0.39 is 23.7 Å². The van der Waals surface area contributed by atoms with Gasteiger partial charge in [0.25, 0.3) is 0 Å². The number of aliphatic hydroxyl groups is 2. The van der Waals surface area contributed by atoms with E-state index in [0.717, 1.165) is 10.6 Å². The van der Waals surface area contributed by atoms with Crippen molar-refractivity contribution in [3.63, 3.8) is 0 Å². The van der Waals surface area contributed by atoms with Crippen LogP contribution >= 0.6 is 22.9 Å². The number of fused-ring (bicyclic) bond motifs is 2. The number of carbonyl (C=O) groups excluding carboxylic acids is 1. The van der Waals surface area contributed by atoms with Gasteiger partial charge in [0.1, 0.15) is 6.10 Å². The number of aliphatic hydroxyl groups excluding tert-OH is 2. The van der Waals surface area contributed by atoms with Gasteiger partial charge in [-0.2, -0.15) is 0 Å². The fourth-order valence-corrected chi connectivity index (χ4v) is 6.12. The molecular formula is C25H21ClN6O3S. The van der Waals surface area contributed by atoms with Crippen LogP contribution in [-0.4, -0.2) is 54.9 Å². The van der Waals surface area contributed by atoms with E-state index in [1.165, 1.54) is 18.4 Å². The molecular weight excluding hydrogens is 500 g/mol. The predicted molar refractivity (Wildman–Crippen MR) is 136 cm³/mol. The number of nitrogens with zero attached hydrogens (tertiary/aromatic N) is 4. The molecule has 2 aliphatic rings. The quantitative estimate of drug-likeness (QED) is 0.305. The molecule has 1 aromatic carbocycles. The second-order valence-corrected chi connectivity index (χ2v) is 10.6. The van der Waals surface area contributed by atoms with E-state index in [1.54, 1.807) is 17.0 Å². The van der Waals surface area contributed by atoms with Gasteiger partial charge >= 0.3 is 0 Å². The number of para-hydroxylation sites is 1. The molecule has 4 N–H and O–H groups in total. The molecule has 5 atom stereocenters. The normalized spacial score (nSPS) is 26.2. The number of nitrogens with one attached hydrogen (secondary N) is 2. The van der Waals surface area contributed by atoms with E-state index in [1.807, 2.05) is 36.4 Å². The Morgan fingerprint density at radius 2 is 2.00 bits per heavy atom. The molecule has 2 aliphatic carbocycles. The van der Waals surface area contributed by atoms with Crippen molar-refractivity contribution in [2.45, 2.75) is 24.7 Å². The molecule has 6 rings (SSSR count). The van der Waals surface area contributed by atoms with Crippen LogP contribution in [0, 0.1) is 23.2 Å². The van der Waals surface area contributed by atoms with Gasteiger partial charge in [-0.1, -0.05) is 29.8 Å². The highest BCUT2D eigenvalue weighted by molar-refractivity contribution is 7.16. The van der Waals surface area contributed by atoms with E-state index in [4.69, 9.17) is 11.6 Å². The third kappa shape index (κ3) is 3.55. The third-order valence-electron chi connectivity index (χ3n) is 6.97. The SMILES string of the molecule is CNC(=O)[C@@]12C[C@@H]1[C@@H](n1cnc3c(Nc4ccccc4)nc(C#Cc4ccc(Cl)s4)nc31)[C@H](O)[C@@H]2O. The Kier molecular flexibility index (Phi) is 5.46. The Morgan fingerprint density at radius 3 is 2.72 bits per heavy atom. The number of benzene rings is 1. The smallest absolute Gasteiger partial charge is 0.229 e. The summed E-state index contributed by atoms with van der Waals surface area (Å²) in [6, 6.07) is 12.6. The minimum atomic E-state index is -1.18. The number of aromatic nitrogens is 4. The second-order valence-electron chi connectivity index (χ2n) is 8.92. The molecule has 0 unspecified atom stereocenters. The summed E-state index contributed by atoms with van der Waals surface area (Å²) in [5.74, 6) is 6.24. The minimum absolute atomic E-state index is 0.247. The van der Waals surface area contributed by atoms with Crippen molar-refractivity contribution in [2.24, 2.45) is 11.3 Å². The molecule has 0 saturated heterocycles. The average Bonchev–Trinajstić information content (AvgIpc) is 3.13. The lowest BCUT2D eigenvalue weighted by atomic mass is 9.98. The summed E-state index contributed by atoms with van der Waals surface area (Å²) in [7, 11) is 1.53. The first-order valence-corrected chi connectivity index (χ1v) is 12.5. The van der Waals surface area contributed by atoms with E-state index in [2.05, 4.69) is 37.4 Å². The number of amides is 1. The minimum Gasteiger partial charge on any atom is -0.389 e. The molecule has 0 radical (unpaired) electrons. The molecule has 0 bridgehead atoms. The zero-order chi connectivity index (χ0) is 25.0. The highest BCUT2D eigenvalue weighted by Crippen LogP contribution is 2.67. The zero-order valence-electron chi connectivity index (χ0n) is 19.0. The molecule has 0 spiro atoms. The Balaban J connectivity index is 1.46. The number of halogens is 1. The summed E-state index contributed by atoms with van der Waals surface area (Å²) >= 11 is 7.38. The van der Waals surface area contributed by atoms with Gasteiger partial charge in [-0.25, -0.2) is 15.0 Å². The average molecular weight is 521 g/mol. The van der Waals surface area contributed by atoms with Gasteiger partial charge in [0.15, 0.2) is 17.0 Å². The van der Waals surface area contributed by atoms with Crippen molar-refractivity contribution in [2.75, 3.05) is 12.4 Å². The van der Waals surface area contributed by atoms with Gasteiger partial charge in [-0.3, -0.25) is 4.79 Å². The standard InChI is InChI=1S/C25H21ClN6O3S/c1-27-24(35)25-11-15(25)19(20(33)21(25)34)32-12-28-18-22(29-13-5-3-2-4-6-13)30-17(31-23(18)32)10-8-14-7-9-16(26)36-14/h2-7,9,12,15,19-21,33-34H,11H2,1H3,(H,27,35)(H,29,30,31)/t15-,19-,20+,21+,25+/m1/s1. The number of carbonyl (C=O) groups is 1. The fraction of sp³-hybridized carbons (Fsp3) is 0.280. The zero-order valence-corrected chi connectivity index (χ0v) is 20.6. The molecule has 2 fully saturated rings. The fourth-order valence-electron chi connectivity index (χ4n) is 5.22. The van der Waals surface area contributed by atoms with E-state index in [9.17, 15) is 15.0 Å². The molecule has 3 heterocycles. The lowest BCUT2D eigenvalue weighted by Crippen LogP contribution is -2.41. The molecule has 4 aromatic rings. The highest BCUT2D eigenvalue weighted by Gasteiger charge is 2.75. The molecule has 2 saturated carbocycles. The van der Waals surface area contributed by atoms with Crippen LogP contribution in [0.25, 0.3) is 11.2 Å². The van der Waals surface area contributed by atoms with Crippen LogP contribution in [0.2, 0.25) is 4.34 Å².